The molecule has 1 aliphatic heterocycles. The molecule has 0 aromatic carbocycles. The molecule has 1 aromatic heterocycles. The highest BCUT2D eigenvalue weighted by atomic mass is 35.5. The monoisotopic (exact) mass is 295 g/mol. The van der Waals surface area contributed by atoms with Crippen molar-refractivity contribution in [2.75, 3.05) is 13.1 Å². The van der Waals surface area contributed by atoms with E-state index in [2.05, 4.69) is 15.5 Å². The summed E-state index contributed by atoms with van der Waals surface area (Å²) >= 11 is 0. The standard InChI is InChI=1S/C11H12F3N3O.ClH/c12-11(13,14)10(1-2-10)8-16-7(17-18-8)9-3-6(9)4-15-5-9;/h6,15H,1-5H2;1H. The fourth-order valence-corrected chi connectivity index (χ4v) is 3.05. The quantitative estimate of drug-likeness (QED) is 0.906. The van der Waals surface area contributed by atoms with Crippen molar-refractivity contribution in [1.29, 1.82) is 0 Å². The summed E-state index contributed by atoms with van der Waals surface area (Å²) in [5.74, 6) is 0.684. The highest BCUT2D eigenvalue weighted by molar-refractivity contribution is 5.85. The molecule has 2 unspecified atom stereocenters. The van der Waals surface area contributed by atoms with Crippen LogP contribution >= 0.6 is 12.4 Å². The second-order valence-electron chi connectivity index (χ2n) is 5.69. The molecule has 4 rings (SSSR count). The zero-order chi connectivity index (χ0) is 12.6. The summed E-state index contributed by atoms with van der Waals surface area (Å²) in [5, 5.41) is 7.02. The third-order valence-corrected chi connectivity index (χ3v) is 4.64. The summed E-state index contributed by atoms with van der Waals surface area (Å²) < 4.78 is 43.7. The number of aromatic nitrogens is 2. The van der Waals surface area contributed by atoms with Crippen molar-refractivity contribution in [3.8, 4) is 0 Å². The van der Waals surface area contributed by atoms with Crippen LogP contribution in [0.1, 0.15) is 31.0 Å². The van der Waals surface area contributed by atoms with Crippen molar-refractivity contribution in [2.45, 2.75) is 36.3 Å². The lowest BCUT2D eigenvalue weighted by Crippen LogP contribution is -2.29. The van der Waals surface area contributed by atoms with E-state index in [1.165, 1.54) is 0 Å². The number of alkyl halides is 3. The van der Waals surface area contributed by atoms with Gasteiger partial charge in [-0.1, -0.05) is 5.16 Å². The van der Waals surface area contributed by atoms with Crippen LogP contribution in [0.3, 0.4) is 0 Å². The van der Waals surface area contributed by atoms with Crippen molar-refractivity contribution in [2.24, 2.45) is 5.92 Å². The predicted octanol–water partition coefficient (Wildman–Crippen LogP) is 1.95. The molecule has 2 aliphatic carbocycles. The summed E-state index contributed by atoms with van der Waals surface area (Å²) in [6, 6.07) is 0. The Morgan fingerprint density at radius 3 is 2.53 bits per heavy atom. The van der Waals surface area contributed by atoms with Crippen molar-refractivity contribution >= 4 is 12.4 Å². The zero-order valence-electron chi connectivity index (χ0n) is 9.96. The second kappa shape index (κ2) is 3.63. The molecule has 0 bridgehead atoms. The molecule has 3 aliphatic rings. The van der Waals surface area contributed by atoms with Gasteiger partial charge in [0.2, 0.25) is 5.89 Å². The fourth-order valence-electron chi connectivity index (χ4n) is 3.05. The highest BCUT2D eigenvalue weighted by Crippen LogP contribution is 2.60. The molecule has 0 amide bonds. The van der Waals surface area contributed by atoms with E-state index in [-0.39, 0.29) is 36.6 Å². The van der Waals surface area contributed by atoms with Crippen molar-refractivity contribution in [1.82, 2.24) is 15.5 Å². The van der Waals surface area contributed by atoms with Gasteiger partial charge in [0.25, 0.3) is 0 Å². The second-order valence-corrected chi connectivity index (χ2v) is 5.69. The molecular weight excluding hydrogens is 283 g/mol. The Labute approximate surface area is 113 Å². The van der Waals surface area contributed by atoms with Gasteiger partial charge in [-0.2, -0.15) is 18.2 Å². The first-order chi connectivity index (χ1) is 8.48. The lowest BCUT2D eigenvalue weighted by molar-refractivity contribution is -0.166. The molecule has 106 valence electrons. The molecule has 4 nitrogen and oxygen atoms in total. The Balaban J connectivity index is 0.00000110. The van der Waals surface area contributed by atoms with E-state index in [1.54, 1.807) is 0 Å². The molecular formula is C11H13ClF3N3O. The Morgan fingerprint density at radius 2 is 2.05 bits per heavy atom. The number of rotatable bonds is 2. The van der Waals surface area contributed by atoms with Crippen LogP contribution in [0.15, 0.2) is 4.52 Å². The predicted molar refractivity (Wildman–Crippen MR) is 61.2 cm³/mol. The largest absolute Gasteiger partial charge is 0.403 e. The van der Waals surface area contributed by atoms with Gasteiger partial charge < -0.3 is 9.84 Å². The topological polar surface area (TPSA) is 51.0 Å². The first-order valence-corrected chi connectivity index (χ1v) is 6.10. The highest BCUT2D eigenvalue weighted by Gasteiger charge is 2.69. The minimum absolute atomic E-state index is 0. The summed E-state index contributed by atoms with van der Waals surface area (Å²) in [6.45, 7) is 1.64. The Bertz CT molecular complexity index is 514. The summed E-state index contributed by atoms with van der Waals surface area (Å²) in [5.41, 5.74) is -2.01. The molecule has 2 saturated carbocycles. The minimum Gasteiger partial charge on any atom is -0.338 e. The third kappa shape index (κ3) is 1.57. The Morgan fingerprint density at radius 1 is 1.32 bits per heavy atom. The smallest absolute Gasteiger partial charge is 0.338 e. The first kappa shape index (κ1) is 13.2. The van der Waals surface area contributed by atoms with Crippen molar-refractivity contribution < 1.29 is 17.7 Å². The molecule has 19 heavy (non-hydrogen) atoms. The van der Waals surface area contributed by atoms with Gasteiger partial charge in [0.05, 0.1) is 5.41 Å². The van der Waals surface area contributed by atoms with Gasteiger partial charge in [-0.05, 0) is 31.7 Å². The van der Waals surface area contributed by atoms with Crippen LogP contribution < -0.4 is 5.32 Å². The van der Waals surface area contributed by atoms with Gasteiger partial charge in [-0.15, -0.1) is 12.4 Å². The molecule has 1 saturated heterocycles. The molecule has 1 N–H and O–H groups in total. The Hall–Kier alpha value is -0.820. The number of piperidine rings is 1. The van der Waals surface area contributed by atoms with Gasteiger partial charge in [0.1, 0.15) is 5.41 Å². The van der Waals surface area contributed by atoms with E-state index < -0.39 is 11.6 Å². The molecule has 3 fully saturated rings. The lowest BCUT2D eigenvalue weighted by Gasteiger charge is -2.14. The van der Waals surface area contributed by atoms with Crippen LogP contribution in [0.5, 0.6) is 0 Å². The summed E-state index contributed by atoms with van der Waals surface area (Å²) in [7, 11) is 0. The van der Waals surface area contributed by atoms with Gasteiger partial charge in [-0.25, -0.2) is 0 Å². The van der Waals surface area contributed by atoms with Gasteiger partial charge in [0, 0.05) is 6.54 Å². The van der Waals surface area contributed by atoms with Crippen LogP contribution in [-0.2, 0) is 10.8 Å². The SMILES string of the molecule is Cl.FC(F)(F)C1(c2nc(C34CNCC3C4)no2)CC1. The molecule has 2 heterocycles. The maximum absolute atomic E-state index is 12.9. The number of nitrogens with one attached hydrogen (secondary N) is 1. The van der Waals surface area contributed by atoms with E-state index in [0.717, 1.165) is 19.5 Å². The van der Waals surface area contributed by atoms with Crippen LogP contribution in [0.25, 0.3) is 0 Å². The number of hydrogen-bond donors (Lipinski definition) is 1. The van der Waals surface area contributed by atoms with E-state index >= 15 is 0 Å². The van der Waals surface area contributed by atoms with E-state index in [4.69, 9.17) is 4.52 Å². The number of hydrogen-bond acceptors (Lipinski definition) is 4. The van der Waals surface area contributed by atoms with Crippen LogP contribution in [0, 0.1) is 5.92 Å². The number of fused-ring (bicyclic) bond motifs is 1. The molecule has 0 radical (unpaired) electrons. The van der Waals surface area contributed by atoms with Crippen molar-refractivity contribution in [3.05, 3.63) is 11.7 Å². The Kier molecular flexibility index (Phi) is 2.52. The van der Waals surface area contributed by atoms with E-state index in [0.29, 0.717) is 11.7 Å². The van der Waals surface area contributed by atoms with Crippen LogP contribution in [-0.4, -0.2) is 29.4 Å². The van der Waals surface area contributed by atoms with Crippen LogP contribution in [0.2, 0.25) is 0 Å². The lowest BCUT2D eigenvalue weighted by atomic mass is 10.1. The van der Waals surface area contributed by atoms with E-state index in [9.17, 15) is 13.2 Å². The molecule has 0 spiro atoms. The molecule has 2 atom stereocenters. The van der Waals surface area contributed by atoms with Gasteiger partial charge in [-0.3, -0.25) is 0 Å². The van der Waals surface area contributed by atoms with E-state index in [1.807, 2.05) is 0 Å². The van der Waals surface area contributed by atoms with Gasteiger partial charge >= 0.3 is 6.18 Å². The minimum atomic E-state index is -4.29. The first-order valence-electron chi connectivity index (χ1n) is 6.10. The molecule has 8 heteroatoms. The summed E-state index contributed by atoms with van der Waals surface area (Å²) in [4.78, 5) is 4.07. The maximum atomic E-state index is 12.9. The third-order valence-electron chi connectivity index (χ3n) is 4.64. The average molecular weight is 296 g/mol. The van der Waals surface area contributed by atoms with Crippen LogP contribution in [0.4, 0.5) is 13.2 Å². The zero-order valence-corrected chi connectivity index (χ0v) is 10.8. The maximum Gasteiger partial charge on any atom is 0.403 e. The number of nitrogens with zero attached hydrogens (tertiary/aromatic N) is 2. The molecule has 1 aromatic rings. The van der Waals surface area contributed by atoms with Crippen molar-refractivity contribution in [3.63, 3.8) is 0 Å². The normalized spacial score (nSPS) is 34.6. The fraction of sp³-hybridized carbons (Fsp3) is 0.818. The average Bonchev–Trinajstić information content (AvgIpc) is 3.16. The number of halogens is 4. The summed E-state index contributed by atoms with van der Waals surface area (Å²) in [6.07, 6.45) is -3.21. The van der Waals surface area contributed by atoms with Gasteiger partial charge in [0.15, 0.2) is 5.82 Å².